The van der Waals surface area contributed by atoms with Gasteiger partial charge >= 0.3 is 5.97 Å². The lowest BCUT2D eigenvalue weighted by Crippen LogP contribution is -2.54. The summed E-state index contributed by atoms with van der Waals surface area (Å²) in [5.41, 5.74) is 0. The summed E-state index contributed by atoms with van der Waals surface area (Å²) in [5, 5.41) is 48.4. The fourth-order valence-corrected chi connectivity index (χ4v) is 3.02. The summed E-state index contributed by atoms with van der Waals surface area (Å²) in [6.07, 6.45) is 14.2. The maximum atomic E-state index is 9.28. The highest BCUT2D eigenvalue weighted by molar-refractivity contribution is 4.72. The molecular weight excluding hydrogens is 350 g/mol. The second kappa shape index (κ2) is 16.7. The van der Waals surface area contributed by atoms with Gasteiger partial charge in [0.1, 0.15) is 0 Å². The number of ether oxygens (including phenoxy) is 1. The van der Waals surface area contributed by atoms with Gasteiger partial charge in [-0.3, -0.25) is 0 Å². The summed E-state index contributed by atoms with van der Waals surface area (Å²) < 4.78 is 5.01. The van der Waals surface area contributed by atoms with Crippen LogP contribution in [0, 0.1) is 0 Å². The first-order valence-corrected chi connectivity index (χ1v) is 10.6. The lowest BCUT2D eigenvalue weighted by Gasteiger charge is -2.29. The van der Waals surface area contributed by atoms with Gasteiger partial charge in [-0.25, -0.2) is 0 Å². The zero-order valence-electron chi connectivity index (χ0n) is 17.2. The summed E-state index contributed by atoms with van der Waals surface area (Å²) in [6, 6.07) is 0. The third-order valence-corrected chi connectivity index (χ3v) is 4.87. The Kier molecular flexibility index (Phi) is 16.5. The third-order valence-electron chi connectivity index (χ3n) is 4.87. The maximum absolute atomic E-state index is 9.28. The topological polar surface area (TPSA) is 122 Å². The minimum atomic E-state index is -3.46. The first-order valence-electron chi connectivity index (χ1n) is 10.6. The lowest BCUT2D eigenvalue weighted by atomic mass is 10.0. The Morgan fingerprint density at radius 3 is 1.44 bits per heavy atom. The van der Waals surface area contributed by atoms with Crippen LogP contribution in [0.1, 0.15) is 89.9 Å². The molecule has 164 valence electrons. The second-order valence-electron chi connectivity index (χ2n) is 7.54. The van der Waals surface area contributed by atoms with Crippen molar-refractivity contribution < 1.29 is 30.3 Å². The number of hydrogen-bond donors (Lipinski definition) is 6. The van der Waals surface area contributed by atoms with Crippen molar-refractivity contribution in [2.45, 2.75) is 102 Å². The van der Waals surface area contributed by atoms with Crippen LogP contribution in [-0.4, -0.2) is 64.1 Å². The first-order chi connectivity index (χ1) is 12.8. The fourth-order valence-electron chi connectivity index (χ4n) is 3.02. The molecule has 0 aliphatic carbocycles. The van der Waals surface area contributed by atoms with Crippen LogP contribution in [0.2, 0.25) is 0 Å². The molecule has 0 spiro atoms. The summed E-state index contributed by atoms with van der Waals surface area (Å²) >= 11 is 0. The van der Waals surface area contributed by atoms with Gasteiger partial charge in [0.2, 0.25) is 5.79 Å². The Labute approximate surface area is 164 Å². The molecule has 0 heterocycles. The average Bonchev–Trinajstić information content (AvgIpc) is 2.59. The molecule has 0 amide bonds. The van der Waals surface area contributed by atoms with E-state index in [-0.39, 0.29) is 6.42 Å². The number of hydrogen-bond acceptors (Lipinski definition) is 7. The van der Waals surface area contributed by atoms with Gasteiger partial charge < -0.3 is 35.6 Å². The Morgan fingerprint density at radius 1 is 0.593 bits per heavy atom. The van der Waals surface area contributed by atoms with Crippen molar-refractivity contribution in [3.05, 3.63) is 0 Å². The van der Waals surface area contributed by atoms with E-state index in [1.54, 1.807) is 7.11 Å². The van der Waals surface area contributed by atoms with Crippen LogP contribution in [-0.2, 0) is 4.74 Å². The smallest absolute Gasteiger partial charge is 0.332 e. The maximum Gasteiger partial charge on any atom is 0.332 e. The van der Waals surface area contributed by atoms with Gasteiger partial charge in [-0.1, -0.05) is 64.2 Å². The van der Waals surface area contributed by atoms with Crippen LogP contribution in [0.3, 0.4) is 0 Å². The molecular formula is C20H43NO6. The molecule has 7 nitrogen and oxygen atoms in total. The molecule has 0 radical (unpaired) electrons. The highest BCUT2D eigenvalue weighted by Gasteiger charge is 2.45. The van der Waals surface area contributed by atoms with E-state index in [1.807, 2.05) is 0 Å². The molecule has 0 fully saturated rings. The number of rotatable bonds is 20. The van der Waals surface area contributed by atoms with Crippen molar-refractivity contribution >= 4 is 0 Å². The number of methoxy groups -OCH3 is 1. The van der Waals surface area contributed by atoms with Crippen molar-refractivity contribution in [1.82, 2.24) is 5.32 Å². The van der Waals surface area contributed by atoms with Crippen molar-refractivity contribution in [2.75, 3.05) is 26.8 Å². The van der Waals surface area contributed by atoms with Gasteiger partial charge in [-0.15, -0.1) is 0 Å². The molecule has 0 atom stereocenters. The molecule has 0 aromatic carbocycles. The van der Waals surface area contributed by atoms with E-state index >= 15 is 0 Å². The number of unbranched alkanes of at least 4 members (excludes halogenated alkanes) is 11. The van der Waals surface area contributed by atoms with E-state index in [2.05, 4.69) is 5.32 Å². The van der Waals surface area contributed by atoms with E-state index < -0.39 is 11.8 Å². The van der Waals surface area contributed by atoms with E-state index in [0.717, 1.165) is 45.4 Å². The van der Waals surface area contributed by atoms with E-state index in [4.69, 9.17) is 20.1 Å². The van der Waals surface area contributed by atoms with Crippen LogP contribution < -0.4 is 5.32 Å². The van der Waals surface area contributed by atoms with Crippen LogP contribution in [0.4, 0.5) is 0 Å². The molecule has 0 rings (SSSR count). The molecule has 0 saturated heterocycles. The summed E-state index contributed by atoms with van der Waals surface area (Å²) in [6.45, 7) is 2.98. The Balaban J connectivity index is 3.19. The molecule has 0 aromatic rings. The zero-order valence-corrected chi connectivity index (χ0v) is 17.2. The minimum absolute atomic E-state index is 0.265. The quantitative estimate of drug-likeness (QED) is 0.138. The van der Waals surface area contributed by atoms with Gasteiger partial charge in [0.25, 0.3) is 0 Å². The fraction of sp³-hybridized carbons (Fsp3) is 1.00. The predicted octanol–water partition coefficient (Wildman–Crippen LogP) is 2.00. The zero-order chi connectivity index (χ0) is 20.4. The largest absolute Gasteiger partial charge is 0.385 e. The van der Waals surface area contributed by atoms with Crippen molar-refractivity contribution in [3.8, 4) is 0 Å². The van der Waals surface area contributed by atoms with Crippen LogP contribution in [0.5, 0.6) is 0 Å². The highest BCUT2D eigenvalue weighted by atomic mass is 16.7. The molecule has 7 heteroatoms. The Hall–Kier alpha value is -0.280. The molecule has 6 N–H and O–H groups in total. The molecule has 0 bridgehead atoms. The highest BCUT2D eigenvalue weighted by Crippen LogP contribution is 2.22. The van der Waals surface area contributed by atoms with Gasteiger partial charge in [0.15, 0.2) is 0 Å². The monoisotopic (exact) mass is 393 g/mol. The Bertz CT molecular complexity index is 320. The lowest BCUT2D eigenvalue weighted by molar-refractivity contribution is -0.447. The SMILES string of the molecule is COCCCNCCCCCCCCCCCCCCC(O)(O)C(O)(O)O. The standard InChI is InChI=1S/C20H43NO6/c1-27-18-14-17-21-16-13-11-9-7-5-3-2-4-6-8-10-12-15-19(22,23)20(24,25)26/h21-26H,2-18H2,1H3. The van der Waals surface area contributed by atoms with Gasteiger partial charge in [-0.05, 0) is 32.4 Å². The predicted molar refractivity (Wildman–Crippen MR) is 106 cm³/mol. The van der Waals surface area contributed by atoms with Gasteiger partial charge in [-0.2, -0.15) is 0 Å². The van der Waals surface area contributed by atoms with Crippen LogP contribution >= 0.6 is 0 Å². The molecule has 0 unspecified atom stereocenters. The molecule has 0 aromatic heterocycles. The summed E-state index contributed by atoms with van der Waals surface area (Å²) in [5.74, 6) is -6.33. The molecule has 0 aliphatic heterocycles. The molecule has 0 saturated carbocycles. The second-order valence-corrected chi connectivity index (χ2v) is 7.54. The number of nitrogens with one attached hydrogen (secondary N) is 1. The van der Waals surface area contributed by atoms with E-state index in [0.29, 0.717) is 6.42 Å². The van der Waals surface area contributed by atoms with E-state index in [9.17, 15) is 10.2 Å². The Morgan fingerprint density at radius 2 is 1.00 bits per heavy atom. The van der Waals surface area contributed by atoms with Crippen molar-refractivity contribution in [1.29, 1.82) is 0 Å². The minimum Gasteiger partial charge on any atom is -0.385 e. The van der Waals surface area contributed by atoms with Gasteiger partial charge in [0.05, 0.1) is 0 Å². The van der Waals surface area contributed by atoms with Crippen LogP contribution in [0.25, 0.3) is 0 Å². The average molecular weight is 394 g/mol. The van der Waals surface area contributed by atoms with Gasteiger partial charge in [0, 0.05) is 20.1 Å². The normalized spacial score (nSPS) is 12.7. The van der Waals surface area contributed by atoms with Crippen LogP contribution in [0.15, 0.2) is 0 Å². The van der Waals surface area contributed by atoms with E-state index in [1.165, 1.54) is 51.4 Å². The van der Waals surface area contributed by atoms with Crippen molar-refractivity contribution in [2.24, 2.45) is 0 Å². The first kappa shape index (κ1) is 26.7. The molecule has 0 aliphatic rings. The third kappa shape index (κ3) is 16.4. The molecule has 27 heavy (non-hydrogen) atoms. The van der Waals surface area contributed by atoms with Crippen molar-refractivity contribution in [3.63, 3.8) is 0 Å². The number of aliphatic hydroxyl groups is 5. The summed E-state index contributed by atoms with van der Waals surface area (Å²) in [4.78, 5) is 0. The summed E-state index contributed by atoms with van der Waals surface area (Å²) in [7, 11) is 1.73.